The van der Waals surface area contributed by atoms with Gasteiger partial charge >= 0.3 is 12.0 Å². The second kappa shape index (κ2) is 9.61. The number of hydrogen-bond donors (Lipinski definition) is 2. The van der Waals surface area contributed by atoms with Gasteiger partial charge in [-0.2, -0.15) is 0 Å². The summed E-state index contributed by atoms with van der Waals surface area (Å²) in [7, 11) is 0. The van der Waals surface area contributed by atoms with E-state index in [0.717, 1.165) is 12.0 Å². The van der Waals surface area contributed by atoms with Gasteiger partial charge in [-0.15, -0.1) is 0 Å². The van der Waals surface area contributed by atoms with Crippen molar-refractivity contribution in [3.63, 3.8) is 0 Å². The Morgan fingerprint density at radius 2 is 1.74 bits per heavy atom. The Labute approximate surface area is 136 Å². The second-order valence-electron chi connectivity index (χ2n) is 5.31. The first-order valence-corrected chi connectivity index (χ1v) is 7.79. The van der Waals surface area contributed by atoms with Crippen molar-refractivity contribution in [2.24, 2.45) is 0 Å². The van der Waals surface area contributed by atoms with Crippen LogP contribution in [0.3, 0.4) is 0 Å². The Bertz CT molecular complexity index is 531. The Kier molecular flexibility index (Phi) is 7.80. The van der Waals surface area contributed by atoms with E-state index in [9.17, 15) is 14.4 Å². The van der Waals surface area contributed by atoms with E-state index in [0.29, 0.717) is 6.42 Å². The minimum Gasteiger partial charge on any atom is -0.455 e. The van der Waals surface area contributed by atoms with Gasteiger partial charge in [-0.1, -0.05) is 44.2 Å². The van der Waals surface area contributed by atoms with Crippen molar-refractivity contribution in [3.05, 3.63) is 35.9 Å². The lowest BCUT2D eigenvalue weighted by molar-refractivity contribution is -0.149. The summed E-state index contributed by atoms with van der Waals surface area (Å²) in [5, 5.41) is 4.73. The highest BCUT2D eigenvalue weighted by molar-refractivity contribution is 5.95. The molecule has 126 valence electrons. The molecule has 0 bridgehead atoms. The van der Waals surface area contributed by atoms with Gasteiger partial charge in [0.05, 0.1) is 5.92 Å². The fraction of sp³-hybridized carbons (Fsp3) is 0.471. The van der Waals surface area contributed by atoms with Gasteiger partial charge in [0.15, 0.2) is 6.61 Å². The first-order chi connectivity index (χ1) is 11.0. The Morgan fingerprint density at radius 1 is 1.09 bits per heavy atom. The average molecular weight is 320 g/mol. The van der Waals surface area contributed by atoms with Crippen molar-refractivity contribution in [1.82, 2.24) is 10.6 Å². The van der Waals surface area contributed by atoms with Gasteiger partial charge in [0.1, 0.15) is 0 Å². The van der Waals surface area contributed by atoms with Crippen LogP contribution in [0, 0.1) is 0 Å². The number of carbonyl (C=O) groups excluding carboxylic acids is 3. The molecule has 23 heavy (non-hydrogen) atoms. The third-order valence-electron chi connectivity index (χ3n) is 3.48. The number of hydrogen-bond acceptors (Lipinski definition) is 4. The van der Waals surface area contributed by atoms with Crippen molar-refractivity contribution in [2.45, 2.75) is 45.6 Å². The van der Waals surface area contributed by atoms with Crippen LogP contribution in [0.25, 0.3) is 0 Å². The molecular formula is C17H24N2O4. The smallest absolute Gasteiger partial charge is 0.321 e. The van der Waals surface area contributed by atoms with Gasteiger partial charge in [-0.25, -0.2) is 4.79 Å². The zero-order valence-corrected chi connectivity index (χ0v) is 13.8. The molecule has 0 radical (unpaired) electrons. The number of nitrogens with one attached hydrogen (secondary N) is 2. The molecule has 0 aliphatic heterocycles. The minimum absolute atomic E-state index is 0.0343. The number of carbonyl (C=O) groups is 3. The van der Waals surface area contributed by atoms with Crippen LogP contribution in [0.4, 0.5) is 4.79 Å². The predicted molar refractivity (Wildman–Crippen MR) is 86.9 cm³/mol. The summed E-state index contributed by atoms with van der Waals surface area (Å²) in [4.78, 5) is 35.2. The van der Waals surface area contributed by atoms with E-state index in [1.54, 1.807) is 0 Å². The van der Waals surface area contributed by atoms with E-state index in [2.05, 4.69) is 10.6 Å². The van der Waals surface area contributed by atoms with Gasteiger partial charge in [0.2, 0.25) is 0 Å². The molecule has 2 atom stereocenters. The molecule has 6 nitrogen and oxygen atoms in total. The van der Waals surface area contributed by atoms with Gasteiger partial charge in [-0.05, 0) is 25.3 Å². The lowest BCUT2D eigenvalue weighted by atomic mass is 9.97. The summed E-state index contributed by atoms with van der Waals surface area (Å²) < 4.78 is 5.01. The molecule has 0 aliphatic rings. The summed E-state index contributed by atoms with van der Waals surface area (Å²) >= 11 is 0. The summed E-state index contributed by atoms with van der Waals surface area (Å²) in [5.74, 6) is -1.55. The molecule has 1 aromatic rings. The lowest BCUT2D eigenvalue weighted by Gasteiger charge is -2.15. The molecule has 0 fully saturated rings. The molecule has 3 amide bonds. The maximum atomic E-state index is 12.1. The van der Waals surface area contributed by atoms with Crippen LogP contribution in [0.15, 0.2) is 30.3 Å². The number of imide groups is 1. The molecule has 0 saturated carbocycles. The molecule has 6 heteroatoms. The highest BCUT2D eigenvalue weighted by Crippen LogP contribution is 2.20. The first-order valence-electron chi connectivity index (χ1n) is 7.79. The third kappa shape index (κ3) is 6.50. The number of esters is 1. The van der Waals surface area contributed by atoms with Crippen LogP contribution < -0.4 is 10.6 Å². The molecule has 0 aromatic heterocycles. The quantitative estimate of drug-likeness (QED) is 0.755. The standard InChI is InChI=1S/C17H24N2O4/c1-4-12(3)18-17(22)19-15(20)11-23-16(21)14(5-2)13-9-7-6-8-10-13/h6-10,12,14H,4-5,11H2,1-3H3,(H2,18,19,20,22)/t12-,14+/m1/s1. The Morgan fingerprint density at radius 3 is 2.30 bits per heavy atom. The summed E-state index contributed by atoms with van der Waals surface area (Å²) in [6.45, 7) is 5.15. The van der Waals surface area contributed by atoms with Gasteiger partial charge < -0.3 is 10.1 Å². The molecule has 2 N–H and O–H groups in total. The molecule has 0 aliphatic carbocycles. The maximum Gasteiger partial charge on any atom is 0.321 e. The highest BCUT2D eigenvalue weighted by atomic mass is 16.5. The number of rotatable bonds is 7. The molecule has 0 spiro atoms. The highest BCUT2D eigenvalue weighted by Gasteiger charge is 2.21. The van der Waals surface area contributed by atoms with Crippen molar-refractivity contribution in [2.75, 3.05) is 6.61 Å². The Balaban J connectivity index is 2.45. The third-order valence-corrected chi connectivity index (χ3v) is 3.48. The zero-order chi connectivity index (χ0) is 17.2. The van der Waals surface area contributed by atoms with Crippen molar-refractivity contribution in [1.29, 1.82) is 0 Å². The molecular weight excluding hydrogens is 296 g/mol. The molecule has 1 aromatic carbocycles. The van der Waals surface area contributed by atoms with Crippen LogP contribution >= 0.6 is 0 Å². The summed E-state index contributed by atoms with van der Waals surface area (Å²) in [6, 6.07) is 8.62. The fourth-order valence-electron chi connectivity index (χ4n) is 1.99. The molecule has 0 saturated heterocycles. The van der Waals surface area contributed by atoms with Crippen molar-refractivity contribution < 1.29 is 19.1 Å². The van der Waals surface area contributed by atoms with Crippen LogP contribution in [0.5, 0.6) is 0 Å². The fourth-order valence-corrected chi connectivity index (χ4v) is 1.99. The van der Waals surface area contributed by atoms with E-state index in [4.69, 9.17) is 4.74 Å². The number of ether oxygens (including phenoxy) is 1. The SMILES string of the molecule is CC[C@@H](C)NC(=O)NC(=O)COC(=O)[C@@H](CC)c1ccccc1. The van der Waals surface area contributed by atoms with E-state index < -0.39 is 30.4 Å². The minimum atomic E-state index is -0.651. The normalized spacial score (nSPS) is 12.8. The van der Waals surface area contributed by atoms with Crippen molar-refractivity contribution in [3.8, 4) is 0 Å². The monoisotopic (exact) mass is 320 g/mol. The van der Waals surface area contributed by atoms with Crippen LogP contribution in [-0.2, 0) is 14.3 Å². The zero-order valence-electron chi connectivity index (χ0n) is 13.8. The maximum absolute atomic E-state index is 12.1. The number of amides is 3. The number of benzene rings is 1. The first kappa shape index (κ1) is 18.7. The summed E-state index contributed by atoms with van der Waals surface area (Å²) in [5.41, 5.74) is 0.843. The van der Waals surface area contributed by atoms with E-state index >= 15 is 0 Å². The van der Waals surface area contributed by atoms with Gasteiger partial charge in [0, 0.05) is 6.04 Å². The molecule has 0 heterocycles. The van der Waals surface area contributed by atoms with E-state index in [-0.39, 0.29) is 6.04 Å². The largest absolute Gasteiger partial charge is 0.455 e. The second-order valence-corrected chi connectivity index (χ2v) is 5.31. The van der Waals surface area contributed by atoms with Crippen molar-refractivity contribution >= 4 is 17.9 Å². The van der Waals surface area contributed by atoms with E-state index in [1.807, 2.05) is 51.1 Å². The predicted octanol–water partition coefficient (Wildman–Crippen LogP) is 2.35. The van der Waals surface area contributed by atoms with Crippen LogP contribution in [0.1, 0.15) is 45.1 Å². The van der Waals surface area contributed by atoms with Gasteiger partial charge in [0.25, 0.3) is 5.91 Å². The van der Waals surface area contributed by atoms with E-state index in [1.165, 1.54) is 0 Å². The molecule has 1 rings (SSSR count). The summed E-state index contributed by atoms with van der Waals surface area (Å²) in [6.07, 6.45) is 1.32. The number of urea groups is 1. The van der Waals surface area contributed by atoms with Crippen LogP contribution in [-0.4, -0.2) is 30.6 Å². The Hall–Kier alpha value is -2.37. The van der Waals surface area contributed by atoms with Crippen LogP contribution in [0.2, 0.25) is 0 Å². The molecule has 0 unspecified atom stereocenters. The topological polar surface area (TPSA) is 84.5 Å². The average Bonchev–Trinajstić information content (AvgIpc) is 2.54. The van der Waals surface area contributed by atoms with Gasteiger partial charge in [-0.3, -0.25) is 14.9 Å². The lowest BCUT2D eigenvalue weighted by Crippen LogP contribution is -2.44.